The summed E-state index contributed by atoms with van der Waals surface area (Å²) in [7, 11) is 1.27. The number of aryl methyl sites for hydroxylation is 1. The average Bonchev–Trinajstić information content (AvgIpc) is 3.13. The zero-order chi connectivity index (χ0) is 20.8. The minimum Gasteiger partial charge on any atom is -0.465 e. The van der Waals surface area contributed by atoms with E-state index >= 15 is 0 Å². The van der Waals surface area contributed by atoms with Crippen molar-refractivity contribution in [3.8, 4) is 0 Å². The molecule has 3 rings (SSSR count). The van der Waals surface area contributed by atoms with Crippen molar-refractivity contribution in [3.63, 3.8) is 0 Å². The number of hydrogen-bond donors (Lipinski definition) is 1. The Balaban J connectivity index is 1.70. The Kier molecular flexibility index (Phi) is 6.09. The monoisotopic (exact) mass is 393 g/mol. The van der Waals surface area contributed by atoms with Gasteiger partial charge in [0, 0.05) is 5.56 Å². The minimum atomic E-state index is -0.636. The Morgan fingerprint density at radius 1 is 0.931 bits per heavy atom. The van der Waals surface area contributed by atoms with E-state index in [2.05, 4.69) is 10.1 Å². The van der Waals surface area contributed by atoms with Crippen molar-refractivity contribution in [2.24, 2.45) is 0 Å². The van der Waals surface area contributed by atoms with Crippen molar-refractivity contribution in [1.29, 1.82) is 0 Å². The summed E-state index contributed by atoms with van der Waals surface area (Å²) in [6.45, 7) is 1.45. The predicted octanol–water partition coefficient (Wildman–Crippen LogP) is 3.98. The summed E-state index contributed by atoms with van der Waals surface area (Å²) in [6, 6.07) is 16.7. The van der Waals surface area contributed by atoms with Gasteiger partial charge >= 0.3 is 11.9 Å². The van der Waals surface area contributed by atoms with Crippen LogP contribution in [0.25, 0.3) is 0 Å². The van der Waals surface area contributed by atoms with Crippen molar-refractivity contribution in [2.45, 2.75) is 13.5 Å². The number of esters is 2. The van der Waals surface area contributed by atoms with Gasteiger partial charge in [-0.2, -0.15) is 0 Å². The van der Waals surface area contributed by atoms with Gasteiger partial charge in [-0.25, -0.2) is 9.59 Å². The Morgan fingerprint density at radius 3 is 2.34 bits per heavy atom. The van der Waals surface area contributed by atoms with Gasteiger partial charge in [0.1, 0.15) is 23.7 Å². The van der Waals surface area contributed by atoms with E-state index in [1.54, 1.807) is 55.5 Å². The second-order valence-corrected chi connectivity index (χ2v) is 6.12. The Hall–Kier alpha value is -3.87. The van der Waals surface area contributed by atoms with Crippen LogP contribution in [0.4, 0.5) is 5.69 Å². The van der Waals surface area contributed by atoms with Gasteiger partial charge in [-0.15, -0.1) is 0 Å². The maximum atomic E-state index is 12.5. The number of carbonyl (C=O) groups excluding carboxylic acids is 3. The van der Waals surface area contributed by atoms with E-state index in [4.69, 9.17) is 9.15 Å². The number of nitrogens with one attached hydrogen (secondary N) is 1. The van der Waals surface area contributed by atoms with Gasteiger partial charge in [-0.3, -0.25) is 4.79 Å². The number of furan rings is 1. The molecule has 7 heteroatoms. The lowest BCUT2D eigenvalue weighted by Crippen LogP contribution is -2.15. The maximum Gasteiger partial charge on any atom is 0.341 e. The zero-order valence-electron chi connectivity index (χ0n) is 15.9. The summed E-state index contributed by atoms with van der Waals surface area (Å²) in [5.74, 6) is -0.823. The molecule has 29 heavy (non-hydrogen) atoms. The molecule has 0 unspecified atom stereocenters. The lowest BCUT2D eigenvalue weighted by Gasteiger charge is -2.10. The summed E-state index contributed by atoms with van der Waals surface area (Å²) in [5.41, 5.74) is 1.27. The lowest BCUT2D eigenvalue weighted by atomic mass is 10.1. The van der Waals surface area contributed by atoms with Crippen molar-refractivity contribution in [3.05, 3.63) is 88.9 Å². The molecule has 3 aromatic rings. The first-order valence-corrected chi connectivity index (χ1v) is 8.79. The SMILES string of the molecule is COC(=O)c1cc(COC(=O)c2ccccc2NC(=O)c2ccccc2)oc1C. The molecular weight excluding hydrogens is 374 g/mol. The van der Waals surface area contributed by atoms with Gasteiger partial charge in [0.2, 0.25) is 0 Å². The van der Waals surface area contributed by atoms with E-state index in [0.29, 0.717) is 22.8 Å². The van der Waals surface area contributed by atoms with Crippen LogP contribution in [-0.4, -0.2) is 25.0 Å². The van der Waals surface area contributed by atoms with Gasteiger partial charge < -0.3 is 19.2 Å². The first-order chi connectivity index (χ1) is 14.0. The van der Waals surface area contributed by atoms with Gasteiger partial charge in [0.25, 0.3) is 5.91 Å². The molecule has 1 N–H and O–H groups in total. The molecule has 1 heterocycles. The molecule has 0 aliphatic rings. The van der Waals surface area contributed by atoms with Crippen LogP contribution in [0.1, 0.15) is 42.6 Å². The topological polar surface area (TPSA) is 94.8 Å². The number of carbonyl (C=O) groups is 3. The van der Waals surface area contributed by atoms with Crippen LogP contribution in [0.3, 0.4) is 0 Å². The highest BCUT2D eigenvalue weighted by Crippen LogP contribution is 2.20. The van der Waals surface area contributed by atoms with Gasteiger partial charge in [-0.1, -0.05) is 30.3 Å². The van der Waals surface area contributed by atoms with Crippen LogP contribution in [0.15, 0.2) is 65.1 Å². The van der Waals surface area contributed by atoms with Crippen molar-refractivity contribution < 1.29 is 28.3 Å². The number of ether oxygens (including phenoxy) is 2. The van der Waals surface area contributed by atoms with Crippen molar-refractivity contribution in [2.75, 3.05) is 12.4 Å². The van der Waals surface area contributed by atoms with Crippen LogP contribution in [0.5, 0.6) is 0 Å². The molecule has 0 saturated heterocycles. The lowest BCUT2D eigenvalue weighted by molar-refractivity contribution is 0.0445. The van der Waals surface area contributed by atoms with Crippen molar-refractivity contribution in [1.82, 2.24) is 0 Å². The predicted molar refractivity (Wildman–Crippen MR) is 105 cm³/mol. The normalized spacial score (nSPS) is 10.3. The molecule has 0 aliphatic carbocycles. The van der Waals surface area contributed by atoms with E-state index in [-0.39, 0.29) is 23.6 Å². The summed E-state index contributed by atoms with van der Waals surface area (Å²) < 4.78 is 15.4. The third kappa shape index (κ3) is 4.70. The largest absolute Gasteiger partial charge is 0.465 e. The number of anilines is 1. The smallest absolute Gasteiger partial charge is 0.341 e. The summed E-state index contributed by atoms with van der Waals surface area (Å²) in [6.07, 6.45) is 0. The fourth-order valence-electron chi connectivity index (χ4n) is 2.70. The van der Waals surface area contributed by atoms with Crippen LogP contribution >= 0.6 is 0 Å². The number of amides is 1. The molecule has 148 valence electrons. The molecule has 0 fully saturated rings. The zero-order valence-corrected chi connectivity index (χ0v) is 15.9. The number of rotatable bonds is 6. The summed E-state index contributed by atoms with van der Waals surface area (Å²) in [4.78, 5) is 36.6. The first kappa shape index (κ1) is 19.9. The van der Waals surface area contributed by atoms with Crippen LogP contribution in [-0.2, 0) is 16.1 Å². The molecule has 0 spiro atoms. The van der Waals surface area contributed by atoms with E-state index in [1.807, 2.05) is 6.07 Å². The van der Waals surface area contributed by atoms with E-state index in [0.717, 1.165) is 0 Å². The molecule has 2 aromatic carbocycles. The third-order valence-corrected chi connectivity index (χ3v) is 4.15. The molecule has 0 atom stereocenters. The van der Waals surface area contributed by atoms with Gasteiger partial charge in [0.15, 0.2) is 0 Å². The van der Waals surface area contributed by atoms with Crippen molar-refractivity contribution >= 4 is 23.5 Å². The number of para-hydroxylation sites is 1. The minimum absolute atomic E-state index is 0.169. The molecule has 7 nitrogen and oxygen atoms in total. The second-order valence-electron chi connectivity index (χ2n) is 6.12. The standard InChI is InChI=1S/C22H19NO6/c1-14-18(21(25)27-2)12-16(29-14)13-28-22(26)17-10-6-7-11-19(17)23-20(24)15-8-4-3-5-9-15/h3-12H,13H2,1-2H3,(H,23,24). The number of hydrogen-bond acceptors (Lipinski definition) is 6. The highest BCUT2D eigenvalue weighted by atomic mass is 16.5. The quantitative estimate of drug-likeness (QED) is 0.637. The Morgan fingerprint density at radius 2 is 1.62 bits per heavy atom. The van der Waals surface area contributed by atoms with E-state index in [9.17, 15) is 14.4 Å². The molecule has 0 aliphatic heterocycles. The molecule has 0 radical (unpaired) electrons. The molecular formula is C22H19NO6. The third-order valence-electron chi connectivity index (χ3n) is 4.15. The second kappa shape index (κ2) is 8.88. The Bertz CT molecular complexity index is 1040. The van der Waals surface area contributed by atoms with Crippen LogP contribution in [0, 0.1) is 6.92 Å². The summed E-state index contributed by atoms with van der Waals surface area (Å²) >= 11 is 0. The Labute approximate surface area is 167 Å². The van der Waals surface area contributed by atoms with Crippen LogP contribution < -0.4 is 5.32 Å². The van der Waals surface area contributed by atoms with Crippen LogP contribution in [0.2, 0.25) is 0 Å². The summed E-state index contributed by atoms with van der Waals surface area (Å²) in [5, 5.41) is 2.72. The average molecular weight is 393 g/mol. The fraction of sp³-hybridized carbons (Fsp3) is 0.136. The number of methoxy groups -OCH3 is 1. The highest BCUT2D eigenvalue weighted by molar-refractivity contribution is 6.08. The molecule has 0 saturated carbocycles. The maximum absolute atomic E-state index is 12.5. The van der Waals surface area contributed by atoms with E-state index < -0.39 is 11.9 Å². The molecule has 1 aromatic heterocycles. The first-order valence-electron chi connectivity index (χ1n) is 8.79. The fourth-order valence-corrected chi connectivity index (χ4v) is 2.70. The van der Waals surface area contributed by atoms with E-state index in [1.165, 1.54) is 13.2 Å². The highest BCUT2D eigenvalue weighted by Gasteiger charge is 2.18. The molecule has 0 bridgehead atoms. The van der Waals surface area contributed by atoms with Gasteiger partial charge in [0.05, 0.1) is 18.4 Å². The molecule has 1 amide bonds. The van der Waals surface area contributed by atoms with Gasteiger partial charge in [-0.05, 0) is 37.3 Å². The number of benzene rings is 2.